The van der Waals surface area contributed by atoms with E-state index in [9.17, 15) is 9.59 Å². The smallest absolute Gasteiger partial charge is 0.279 e. The molecule has 1 aliphatic heterocycles. The van der Waals surface area contributed by atoms with Gasteiger partial charge in [0.2, 0.25) is 0 Å². The van der Waals surface area contributed by atoms with Crippen molar-refractivity contribution in [1.29, 1.82) is 5.26 Å². The van der Waals surface area contributed by atoms with Gasteiger partial charge in [0.15, 0.2) is 6.54 Å². The molecular formula is C20H20ClN4O2+. The van der Waals surface area contributed by atoms with Crippen LogP contribution in [0.2, 0.25) is 5.02 Å². The molecule has 0 saturated carbocycles. The first-order valence-corrected chi connectivity index (χ1v) is 9.12. The van der Waals surface area contributed by atoms with Gasteiger partial charge >= 0.3 is 0 Å². The highest BCUT2D eigenvalue weighted by Gasteiger charge is 2.26. The van der Waals surface area contributed by atoms with Crippen LogP contribution in [0.15, 0.2) is 48.5 Å². The molecule has 2 aromatic carbocycles. The molecular weight excluding hydrogens is 364 g/mol. The third-order valence-corrected chi connectivity index (χ3v) is 4.88. The van der Waals surface area contributed by atoms with Crippen molar-refractivity contribution in [3.63, 3.8) is 0 Å². The summed E-state index contributed by atoms with van der Waals surface area (Å²) in [6.45, 7) is 2.87. The Kier molecular flexibility index (Phi) is 6.07. The van der Waals surface area contributed by atoms with E-state index in [0.717, 1.165) is 4.90 Å². The van der Waals surface area contributed by atoms with Gasteiger partial charge in [0.1, 0.15) is 0 Å². The molecule has 138 valence electrons. The number of nitriles is 1. The SMILES string of the molecule is N#Cc1cccc(C(=O)N2CC[NH+](CC(=O)Nc3ccccc3Cl)CC2)c1. The zero-order valence-electron chi connectivity index (χ0n) is 14.7. The van der Waals surface area contributed by atoms with E-state index in [-0.39, 0.29) is 11.8 Å². The van der Waals surface area contributed by atoms with Crippen molar-refractivity contribution in [2.75, 3.05) is 38.0 Å². The molecule has 1 heterocycles. The number of amides is 2. The normalized spacial score (nSPS) is 14.4. The quantitative estimate of drug-likeness (QED) is 0.832. The van der Waals surface area contributed by atoms with Gasteiger partial charge in [-0.05, 0) is 30.3 Å². The third-order valence-electron chi connectivity index (χ3n) is 4.55. The topological polar surface area (TPSA) is 77.6 Å². The number of quaternary nitrogens is 1. The van der Waals surface area contributed by atoms with Crippen LogP contribution in [0.1, 0.15) is 15.9 Å². The predicted octanol–water partition coefficient (Wildman–Crippen LogP) is 1.19. The number of para-hydroxylation sites is 1. The van der Waals surface area contributed by atoms with E-state index in [2.05, 4.69) is 5.32 Å². The molecule has 0 bridgehead atoms. The van der Waals surface area contributed by atoms with E-state index >= 15 is 0 Å². The summed E-state index contributed by atoms with van der Waals surface area (Å²) in [4.78, 5) is 27.7. The fourth-order valence-electron chi connectivity index (χ4n) is 3.09. The highest BCUT2D eigenvalue weighted by molar-refractivity contribution is 6.33. The zero-order chi connectivity index (χ0) is 19.2. The van der Waals surface area contributed by atoms with Crippen LogP contribution in [-0.2, 0) is 4.79 Å². The fraction of sp³-hybridized carbons (Fsp3) is 0.250. The van der Waals surface area contributed by atoms with E-state index < -0.39 is 0 Å². The monoisotopic (exact) mass is 383 g/mol. The van der Waals surface area contributed by atoms with E-state index in [1.807, 2.05) is 18.2 Å². The standard InChI is InChI=1S/C20H19ClN4O2/c21-17-6-1-2-7-18(17)23-19(26)14-24-8-10-25(11-9-24)20(27)16-5-3-4-15(12-16)13-22/h1-7,12H,8-11,14H2,(H,23,26)/p+1. The Morgan fingerprint density at radius 3 is 2.59 bits per heavy atom. The van der Waals surface area contributed by atoms with Crippen molar-refractivity contribution in [3.05, 3.63) is 64.7 Å². The van der Waals surface area contributed by atoms with Crippen LogP contribution in [0.5, 0.6) is 0 Å². The maximum atomic E-state index is 12.6. The van der Waals surface area contributed by atoms with Gasteiger partial charge in [-0.1, -0.05) is 29.8 Å². The molecule has 1 aliphatic rings. The summed E-state index contributed by atoms with van der Waals surface area (Å²) in [6.07, 6.45) is 0. The minimum Gasteiger partial charge on any atom is -0.327 e. The summed E-state index contributed by atoms with van der Waals surface area (Å²) < 4.78 is 0. The second-order valence-electron chi connectivity index (χ2n) is 6.44. The highest BCUT2D eigenvalue weighted by Crippen LogP contribution is 2.19. The summed E-state index contributed by atoms with van der Waals surface area (Å²) in [5.74, 6) is -0.175. The van der Waals surface area contributed by atoms with Crippen LogP contribution in [-0.4, -0.2) is 49.4 Å². The van der Waals surface area contributed by atoms with Gasteiger partial charge in [-0.25, -0.2) is 0 Å². The maximum absolute atomic E-state index is 12.6. The molecule has 6 nitrogen and oxygen atoms in total. The minimum absolute atomic E-state index is 0.0772. The van der Waals surface area contributed by atoms with E-state index in [1.54, 1.807) is 41.3 Å². The molecule has 2 N–H and O–H groups in total. The first kappa shape index (κ1) is 18.9. The second-order valence-corrected chi connectivity index (χ2v) is 6.85. The Bertz CT molecular complexity index is 886. The number of halogens is 1. The zero-order valence-corrected chi connectivity index (χ0v) is 15.5. The van der Waals surface area contributed by atoms with Crippen molar-refractivity contribution in [3.8, 4) is 6.07 Å². The number of anilines is 1. The van der Waals surface area contributed by atoms with Crippen molar-refractivity contribution in [2.24, 2.45) is 0 Å². The number of rotatable bonds is 4. The minimum atomic E-state index is -0.0976. The molecule has 1 fully saturated rings. The summed E-state index contributed by atoms with van der Waals surface area (Å²) in [5.41, 5.74) is 1.60. The first-order valence-electron chi connectivity index (χ1n) is 8.74. The molecule has 1 saturated heterocycles. The van der Waals surface area contributed by atoms with Crippen LogP contribution in [0.3, 0.4) is 0 Å². The molecule has 27 heavy (non-hydrogen) atoms. The molecule has 0 atom stereocenters. The summed E-state index contributed by atoms with van der Waals surface area (Å²) in [6, 6.07) is 15.9. The predicted molar refractivity (Wildman–Crippen MR) is 103 cm³/mol. The van der Waals surface area contributed by atoms with Crippen molar-refractivity contribution in [1.82, 2.24) is 4.90 Å². The number of carbonyl (C=O) groups excluding carboxylic acids is 2. The van der Waals surface area contributed by atoms with Gasteiger partial charge in [0.05, 0.1) is 48.5 Å². The molecule has 7 heteroatoms. The number of piperazine rings is 1. The molecule has 3 rings (SSSR count). The van der Waals surface area contributed by atoms with Gasteiger partial charge in [-0.3, -0.25) is 9.59 Å². The van der Waals surface area contributed by atoms with Crippen LogP contribution in [0.25, 0.3) is 0 Å². The summed E-state index contributed by atoms with van der Waals surface area (Å²) in [5, 5.41) is 12.3. The Labute approximate surface area is 162 Å². The van der Waals surface area contributed by atoms with Gasteiger partial charge in [0, 0.05) is 5.56 Å². The van der Waals surface area contributed by atoms with Crippen molar-refractivity contribution in [2.45, 2.75) is 0 Å². The molecule has 0 spiro atoms. The average molecular weight is 384 g/mol. The Morgan fingerprint density at radius 2 is 1.89 bits per heavy atom. The third kappa shape index (κ3) is 4.85. The van der Waals surface area contributed by atoms with Gasteiger partial charge in [-0.2, -0.15) is 5.26 Å². The van der Waals surface area contributed by atoms with E-state index in [1.165, 1.54) is 0 Å². The van der Waals surface area contributed by atoms with E-state index in [0.29, 0.717) is 54.6 Å². The molecule has 2 aromatic rings. The molecule has 0 aromatic heterocycles. The number of nitrogens with one attached hydrogen (secondary N) is 2. The summed E-state index contributed by atoms with van der Waals surface area (Å²) >= 11 is 6.06. The number of hydrogen-bond acceptors (Lipinski definition) is 3. The summed E-state index contributed by atoms with van der Waals surface area (Å²) in [7, 11) is 0. The average Bonchev–Trinajstić information content (AvgIpc) is 2.70. The fourth-order valence-corrected chi connectivity index (χ4v) is 3.27. The number of hydrogen-bond donors (Lipinski definition) is 2. The molecule has 2 amide bonds. The lowest BCUT2D eigenvalue weighted by Crippen LogP contribution is -3.15. The number of nitrogens with zero attached hydrogens (tertiary/aromatic N) is 2. The van der Waals surface area contributed by atoms with Crippen LogP contribution in [0.4, 0.5) is 5.69 Å². The van der Waals surface area contributed by atoms with Gasteiger partial charge in [-0.15, -0.1) is 0 Å². The number of carbonyl (C=O) groups is 2. The van der Waals surface area contributed by atoms with Gasteiger partial charge < -0.3 is 15.1 Å². The highest BCUT2D eigenvalue weighted by atomic mass is 35.5. The lowest BCUT2D eigenvalue weighted by atomic mass is 10.1. The Morgan fingerprint density at radius 1 is 1.15 bits per heavy atom. The first-order chi connectivity index (χ1) is 13.1. The molecule has 0 aliphatic carbocycles. The molecule has 0 unspecified atom stereocenters. The number of benzene rings is 2. The lowest BCUT2D eigenvalue weighted by molar-refractivity contribution is -0.895. The van der Waals surface area contributed by atoms with Crippen LogP contribution >= 0.6 is 11.6 Å². The maximum Gasteiger partial charge on any atom is 0.279 e. The second kappa shape index (κ2) is 8.67. The van der Waals surface area contributed by atoms with Crippen molar-refractivity contribution >= 4 is 29.1 Å². The Hall–Kier alpha value is -2.88. The van der Waals surface area contributed by atoms with E-state index in [4.69, 9.17) is 16.9 Å². The largest absolute Gasteiger partial charge is 0.327 e. The molecule has 0 radical (unpaired) electrons. The lowest BCUT2D eigenvalue weighted by Gasteiger charge is -2.32. The van der Waals surface area contributed by atoms with Crippen LogP contribution in [0, 0.1) is 11.3 Å². The Balaban J connectivity index is 1.51. The van der Waals surface area contributed by atoms with Crippen molar-refractivity contribution < 1.29 is 14.5 Å². The van der Waals surface area contributed by atoms with Crippen LogP contribution < -0.4 is 10.2 Å². The van der Waals surface area contributed by atoms with Gasteiger partial charge in [0.25, 0.3) is 11.8 Å².